The minimum absolute atomic E-state index is 0. The zero-order valence-corrected chi connectivity index (χ0v) is 18.7. The van der Waals surface area contributed by atoms with Crippen molar-refractivity contribution in [2.45, 2.75) is 19.4 Å². The lowest BCUT2D eigenvalue weighted by Gasteiger charge is -2.16. The molecule has 0 aliphatic rings. The number of aromatic nitrogens is 1. The van der Waals surface area contributed by atoms with E-state index >= 15 is 0 Å². The normalized spacial score (nSPS) is 9.71. The first-order valence-corrected chi connectivity index (χ1v) is 9.35. The highest BCUT2D eigenvalue weighted by Gasteiger charge is 2.06. The second-order valence-corrected chi connectivity index (χ2v) is 6.30. The lowest BCUT2D eigenvalue weighted by molar-refractivity contribution is -0.159. The number of pyridine rings is 1. The average molecular weight is 507 g/mol. The van der Waals surface area contributed by atoms with Gasteiger partial charge in [-0.2, -0.15) is 0 Å². The number of carbonyl (C=O) groups is 4. The Morgan fingerprint density at radius 1 is 0.912 bits per heavy atom. The minimum Gasteiger partial charge on any atom is -0.488 e. The van der Waals surface area contributed by atoms with E-state index in [2.05, 4.69) is 10.3 Å². The van der Waals surface area contributed by atoms with Crippen LogP contribution in [0.4, 0.5) is 0 Å². The highest BCUT2D eigenvalue weighted by atomic mass is 35.5. The predicted molar refractivity (Wildman–Crippen MR) is 120 cm³/mol. The summed E-state index contributed by atoms with van der Waals surface area (Å²) in [6.45, 7) is 3.74. The molecule has 0 spiro atoms. The van der Waals surface area contributed by atoms with Crippen LogP contribution in [0.15, 0.2) is 48.8 Å². The van der Waals surface area contributed by atoms with E-state index in [1.807, 2.05) is 55.7 Å². The number of benzene rings is 1. The molecule has 190 valence electrons. The summed E-state index contributed by atoms with van der Waals surface area (Å²) >= 11 is 6.06. The largest absolute Gasteiger partial charge is 0.488 e. The number of nitrogens with one attached hydrogen (secondary N) is 1. The first-order valence-electron chi connectivity index (χ1n) is 8.97. The second kappa shape index (κ2) is 19.9. The topological polar surface area (TPSA) is 246 Å². The number of nitrogens with zero attached hydrogens (tertiary/aromatic N) is 1. The van der Waals surface area contributed by atoms with Gasteiger partial charge in [-0.15, -0.1) is 0 Å². The zero-order valence-electron chi connectivity index (χ0n) is 18.0. The maximum Gasteiger partial charge on any atom is 0.414 e. The molecule has 1 heterocycles. The smallest absolute Gasteiger partial charge is 0.414 e. The molecule has 0 radical (unpaired) electrons. The summed E-state index contributed by atoms with van der Waals surface area (Å²) in [4.78, 5) is 40.4. The SMILES string of the molecule is CC(CNCCc1ccncc1)Oc1ccccc1Cl.O.O.O=C(O)C(=O)O.O=C(O)C(=O)O. The van der Waals surface area contributed by atoms with Gasteiger partial charge in [0.15, 0.2) is 0 Å². The van der Waals surface area contributed by atoms with Crippen molar-refractivity contribution in [3.8, 4) is 5.75 Å². The van der Waals surface area contributed by atoms with Crippen molar-refractivity contribution in [2.24, 2.45) is 0 Å². The predicted octanol–water partition coefficient (Wildman–Crippen LogP) is -0.00360. The van der Waals surface area contributed by atoms with Crippen molar-refractivity contribution in [3.63, 3.8) is 0 Å². The number of carboxylic acids is 4. The Morgan fingerprint density at radius 3 is 1.82 bits per heavy atom. The van der Waals surface area contributed by atoms with E-state index in [0.717, 1.165) is 25.3 Å². The molecular formula is C20H27ClN2O11. The van der Waals surface area contributed by atoms with E-state index in [-0.39, 0.29) is 17.1 Å². The molecule has 0 aliphatic heterocycles. The third kappa shape index (κ3) is 17.9. The van der Waals surface area contributed by atoms with Crippen LogP contribution >= 0.6 is 11.6 Å². The maximum absolute atomic E-state index is 9.10. The number of para-hydroxylation sites is 1. The van der Waals surface area contributed by atoms with Gasteiger partial charge in [-0.05, 0) is 49.7 Å². The minimum atomic E-state index is -1.82. The Morgan fingerprint density at radius 2 is 1.38 bits per heavy atom. The molecular weight excluding hydrogens is 480 g/mol. The average Bonchev–Trinajstić information content (AvgIpc) is 2.74. The lowest BCUT2D eigenvalue weighted by atomic mass is 10.2. The zero-order chi connectivity index (χ0) is 24.5. The molecule has 2 rings (SSSR count). The molecule has 1 atom stereocenters. The molecule has 0 aliphatic carbocycles. The van der Waals surface area contributed by atoms with Gasteiger partial charge >= 0.3 is 23.9 Å². The molecule has 13 nitrogen and oxygen atoms in total. The summed E-state index contributed by atoms with van der Waals surface area (Å²) in [6.07, 6.45) is 4.70. The van der Waals surface area contributed by atoms with Crippen LogP contribution in [0.5, 0.6) is 5.75 Å². The van der Waals surface area contributed by atoms with Gasteiger partial charge in [0, 0.05) is 18.9 Å². The number of halogens is 1. The van der Waals surface area contributed by atoms with Gasteiger partial charge in [0.1, 0.15) is 11.9 Å². The van der Waals surface area contributed by atoms with Gasteiger partial charge in [0.2, 0.25) is 0 Å². The Labute approximate surface area is 199 Å². The summed E-state index contributed by atoms with van der Waals surface area (Å²) in [5.41, 5.74) is 1.28. The van der Waals surface area contributed by atoms with E-state index < -0.39 is 23.9 Å². The van der Waals surface area contributed by atoms with Crippen LogP contribution in [0.1, 0.15) is 12.5 Å². The number of hydrogen-bond donors (Lipinski definition) is 5. The first kappa shape index (κ1) is 34.8. The van der Waals surface area contributed by atoms with Crippen LogP contribution in [-0.2, 0) is 25.6 Å². The van der Waals surface area contributed by atoms with Crippen molar-refractivity contribution >= 4 is 35.5 Å². The number of hydrogen-bond acceptors (Lipinski definition) is 7. The summed E-state index contributed by atoms with van der Waals surface area (Å²) in [5, 5.41) is 33.6. The third-order valence-corrected chi connectivity index (χ3v) is 3.61. The molecule has 0 amide bonds. The van der Waals surface area contributed by atoms with E-state index in [1.165, 1.54) is 5.56 Å². The molecule has 1 aromatic heterocycles. The fourth-order valence-corrected chi connectivity index (χ4v) is 2.07. The fourth-order valence-electron chi connectivity index (χ4n) is 1.89. The van der Waals surface area contributed by atoms with Crippen LogP contribution in [0.3, 0.4) is 0 Å². The van der Waals surface area contributed by atoms with Crippen LogP contribution in [0.2, 0.25) is 5.02 Å². The van der Waals surface area contributed by atoms with Crippen molar-refractivity contribution in [2.75, 3.05) is 13.1 Å². The van der Waals surface area contributed by atoms with Crippen LogP contribution in [0, 0.1) is 0 Å². The van der Waals surface area contributed by atoms with Gasteiger partial charge in [-0.25, -0.2) is 19.2 Å². The molecule has 0 fully saturated rings. The molecule has 0 saturated carbocycles. The standard InChI is InChI=1S/C16H19ClN2O.2C2H2O4.2H2O/c1-13(20-16-5-3-2-4-15(16)17)12-19-11-8-14-6-9-18-10-7-14;2*3-1(4)2(5)6;;/h2-7,9-10,13,19H,8,11-12H2,1H3;2*(H,3,4)(H,5,6);2*1H2. The van der Waals surface area contributed by atoms with Crippen molar-refractivity contribution in [1.82, 2.24) is 10.3 Å². The van der Waals surface area contributed by atoms with Crippen LogP contribution < -0.4 is 10.1 Å². The molecule has 0 saturated heterocycles. The molecule has 34 heavy (non-hydrogen) atoms. The molecule has 9 N–H and O–H groups in total. The van der Waals surface area contributed by atoms with Crippen molar-refractivity contribution in [3.05, 3.63) is 59.4 Å². The van der Waals surface area contributed by atoms with Crippen molar-refractivity contribution < 1.29 is 55.3 Å². The third-order valence-electron chi connectivity index (χ3n) is 3.30. The number of ether oxygens (including phenoxy) is 1. The monoisotopic (exact) mass is 506 g/mol. The van der Waals surface area contributed by atoms with E-state index in [9.17, 15) is 0 Å². The number of aliphatic carboxylic acids is 4. The molecule has 1 unspecified atom stereocenters. The van der Waals surface area contributed by atoms with Crippen LogP contribution in [0.25, 0.3) is 0 Å². The molecule has 14 heteroatoms. The van der Waals surface area contributed by atoms with Gasteiger partial charge in [-0.1, -0.05) is 23.7 Å². The Hall–Kier alpha value is -3.78. The highest BCUT2D eigenvalue weighted by molar-refractivity contribution is 6.32. The van der Waals surface area contributed by atoms with E-state index in [1.54, 1.807) is 0 Å². The summed E-state index contributed by atoms with van der Waals surface area (Å²) < 4.78 is 5.79. The summed E-state index contributed by atoms with van der Waals surface area (Å²) in [7, 11) is 0. The Bertz CT molecular complexity index is 834. The quantitative estimate of drug-likeness (QED) is 0.247. The van der Waals surface area contributed by atoms with E-state index in [4.69, 9.17) is 55.9 Å². The van der Waals surface area contributed by atoms with Crippen molar-refractivity contribution in [1.29, 1.82) is 0 Å². The lowest BCUT2D eigenvalue weighted by Crippen LogP contribution is -2.30. The molecule has 0 bridgehead atoms. The summed E-state index contributed by atoms with van der Waals surface area (Å²) in [5.74, 6) is -6.56. The van der Waals surface area contributed by atoms with E-state index in [0.29, 0.717) is 5.02 Å². The molecule has 1 aromatic carbocycles. The number of rotatable bonds is 7. The summed E-state index contributed by atoms with van der Waals surface area (Å²) in [6, 6.07) is 11.6. The number of carboxylic acid groups (broad SMARTS) is 4. The Balaban J connectivity index is -0.000000576. The fraction of sp³-hybridized carbons (Fsp3) is 0.250. The molecule has 2 aromatic rings. The van der Waals surface area contributed by atoms with Gasteiger partial charge in [0.25, 0.3) is 0 Å². The highest BCUT2D eigenvalue weighted by Crippen LogP contribution is 2.23. The Kier molecular flexibility index (Phi) is 20.4. The first-order chi connectivity index (χ1) is 15.0. The second-order valence-electron chi connectivity index (χ2n) is 5.89. The van der Waals surface area contributed by atoms with Gasteiger partial charge in [-0.3, -0.25) is 4.98 Å². The maximum atomic E-state index is 9.10. The van der Waals surface area contributed by atoms with Gasteiger partial charge < -0.3 is 41.4 Å². The van der Waals surface area contributed by atoms with Crippen LogP contribution in [-0.4, -0.2) is 79.4 Å². The van der Waals surface area contributed by atoms with Gasteiger partial charge in [0.05, 0.1) is 5.02 Å².